The molecule has 32 heteroatoms. The molecule has 1 atom stereocenters. The topological polar surface area (TPSA) is 284 Å². The highest BCUT2D eigenvalue weighted by Crippen LogP contribution is 2.43. The Kier molecular flexibility index (Phi) is 46.6. The molecule has 0 aliphatic carbocycles. The molecule has 0 bridgehead atoms. The summed E-state index contributed by atoms with van der Waals surface area (Å²) < 4.78 is 188. The molecule has 0 spiro atoms. The fraction of sp³-hybridized carbons (Fsp3) is 0.692. The van der Waals surface area contributed by atoms with Gasteiger partial charge in [0.15, 0.2) is 15.4 Å². The molecule has 0 aromatic heterocycles. The number of rotatable bonds is 7. The lowest BCUT2D eigenvalue weighted by atomic mass is 9.77. The van der Waals surface area contributed by atoms with Crippen LogP contribution in [0.4, 0.5) is 24.5 Å². The molecule has 23 nitrogen and oxygen atoms in total. The van der Waals surface area contributed by atoms with Crippen LogP contribution in [-0.2, 0) is 88.6 Å². The van der Waals surface area contributed by atoms with Crippen molar-refractivity contribution in [2.24, 2.45) is 21.7 Å². The second kappa shape index (κ2) is 45.8. The Labute approximate surface area is 669 Å². The number of hydrogen-bond donors (Lipinski definition) is 4. The number of hydrogen-bond acceptors (Lipinski definition) is 13. The summed E-state index contributed by atoms with van der Waals surface area (Å²) in [6.45, 7) is 58.6. The van der Waals surface area contributed by atoms with E-state index in [1.807, 2.05) is 140 Å². The standard InChI is InChI=1S/C12H16O2S.C11H16N2O2S.2C10H14.C8H20N2O2S.C7H13F3O.C7H16N2O2S.C4H12N2O2S.C3H8N2O2S.3C2H6/c1-12(2,3)11-5-4-9-7-15(13,14)8-10(9)6-11;1-11(2,3)8-13-10-7-5-4-6-9(10)12-16(13,14)15;2*1-10(2,3)9-7-5-4-6-8-9;1-8(2,3)7-10(6)13(11,12)9(4)5;1-5(2,3)6(4,11)7(8,9)10;1-7(2,3)6-9-5-4-8-12(9,10)11;1-5(2)9(7,8)6(3)4;1-5-3-2-4-8(5,6)7;3*1-2/h4-6H,7-8H2,1-3H3;4-7,12H,8H2,1-3H3;2*4-8H,1-3H3;7H2,1-6H3;11H,1-4H3;8H,4-6H2,1-3H3;1-4H3;4H,2-3H2,1H3;3*1-2H3. The second-order valence-electron chi connectivity index (χ2n) is 34.2. The zero-order valence-electron chi connectivity index (χ0n) is 73.7. The van der Waals surface area contributed by atoms with E-state index in [0.29, 0.717) is 62.3 Å². The van der Waals surface area contributed by atoms with Crippen LogP contribution in [0.1, 0.15) is 222 Å². The maximum absolute atomic E-state index is 12.1. The van der Waals surface area contributed by atoms with Crippen LogP contribution < -0.4 is 18.5 Å². The molecule has 1 unspecified atom stereocenters. The van der Waals surface area contributed by atoms with Gasteiger partial charge in [0.2, 0.25) is 0 Å². The zero-order chi connectivity index (χ0) is 88.1. The van der Waals surface area contributed by atoms with Gasteiger partial charge < -0.3 is 5.11 Å². The van der Waals surface area contributed by atoms with Crippen LogP contribution >= 0.6 is 0 Å². The fourth-order valence-electron chi connectivity index (χ4n) is 9.02. The van der Waals surface area contributed by atoms with Crippen molar-refractivity contribution >= 4 is 72.3 Å². The largest absolute Gasteiger partial charge is 0.417 e. The summed E-state index contributed by atoms with van der Waals surface area (Å²) in [6, 6.07) is 34.4. The first kappa shape index (κ1) is 112. The van der Waals surface area contributed by atoms with E-state index < -0.39 is 78.1 Å². The summed E-state index contributed by atoms with van der Waals surface area (Å²) >= 11 is 0. The molecule has 4 aromatic rings. The summed E-state index contributed by atoms with van der Waals surface area (Å²) in [6.07, 6.45) is -4.56. The molecule has 4 heterocycles. The number of nitrogens with zero attached hydrogens (tertiary/aromatic N) is 7. The van der Waals surface area contributed by atoms with Gasteiger partial charge in [-0.25, -0.2) is 17.9 Å². The van der Waals surface area contributed by atoms with Crippen LogP contribution in [0.2, 0.25) is 0 Å². The highest BCUT2D eigenvalue weighted by molar-refractivity contribution is 7.94. The summed E-state index contributed by atoms with van der Waals surface area (Å²) in [4.78, 5) is 0. The Bertz CT molecular complexity index is 3930. The van der Waals surface area contributed by atoms with E-state index in [-0.39, 0.29) is 33.2 Å². The fourth-order valence-corrected chi connectivity index (χ4v) is 16.2. The second-order valence-corrected chi connectivity index (χ2v) is 46.1. The van der Waals surface area contributed by atoms with Crippen LogP contribution in [-0.4, -0.2) is 195 Å². The Morgan fingerprint density at radius 3 is 1.08 bits per heavy atom. The summed E-state index contributed by atoms with van der Waals surface area (Å²) in [5.74, 6) is 0.430. The number of anilines is 2. The van der Waals surface area contributed by atoms with E-state index in [2.05, 4.69) is 137 Å². The van der Waals surface area contributed by atoms with Gasteiger partial charge in [-0.2, -0.15) is 81.1 Å². The summed E-state index contributed by atoms with van der Waals surface area (Å²) in [7, 11) is -6.63. The van der Waals surface area contributed by atoms with Gasteiger partial charge in [0, 0.05) is 102 Å². The lowest BCUT2D eigenvalue weighted by molar-refractivity contribution is -0.286. The molecule has 0 saturated carbocycles. The zero-order valence-corrected chi connectivity index (χ0v) is 78.6. The minimum absolute atomic E-state index is 0.0160. The summed E-state index contributed by atoms with van der Waals surface area (Å²) in [5, 5.41) is 9.06. The molecule has 8 rings (SSSR count). The number of benzene rings is 4. The highest BCUT2D eigenvalue weighted by atomic mass is 32.2. The van der Waals surface area contributed by atoms with Crippen LogP contribution in [0.5, 0.6) is 0 Å². The number of fused-ring (bicyclic) bond motifs is 2. The van der Waals surface area contributed by atoms with Crippen molar-refractivity contribution in [3.8, 4) is 0 Å². The first-order chi connectivity index (χ1) is 49.2. The van der Waals surface area contributed by atoms with E-state index in [1.165, 1.54) is 101 Å². The minimum Gasteiger partial charge on any atom is -0.380 e. The van der Waals surface area contributed by atoms with Gasteiger partial charge in [-0.15, -0.1) is 0 Å². The van der Waals surface area contributed by atoms with Crippen LogP contribution in [0.3, 0.4) is 0 Å². The maximum atomic E-state index is 12.1. The minimum atomic E-state index is -4.56. The van der Waals surface area contributed by atoms with E-state index >= 15 is 0 Å². The van der Waals surface area contributed by atoms with Crippen LogP contribution in [0.25, 0.3) is 0 Å². The third-order valence-corrected chi connectivity index (χ3v) is 25.4. The third-order valence-electron chi connectivity index (χ3n) is 15.7. The first-order valence-corrected chi connectivity index (χ1v) is 45.9. The van der Waals surface area contributed by atoms with Gasteiger partial charge in [-0.05, 0) is 84.8 Å². The molecule has 2 fully saturated rings. The number of alkyl halides is 3. The molecular weight excluding hydrogens is 1530 g/mol. The van der Waals surface area contributed by atoms with Crippen molar-refractivity contribution in [2.45, 2.75) is 233 Å². The van der Waals surface area contributed by atoms with Crippen molar-refractivity contribution in [2.75, 3.05) is 111 Å². The Balaban J connectivity index is -0.000000573. The van der Waals surface area contributed by atoms with Crippen molar-refractivity contribution < 1.29 is 68.8 Å². The smallest absolute Gasteiger partial charge is 0.380 e. The molecule has 4 aliphatic rings. The molecular formula is C78H147F3N10O13S6. The highest BCUT2D eigenvalue weighted by Gasteiger charge is 2.57. The predicted molar refractivity (Wildman–Crippen MR) is 456 cm³/mol. The van der Waals surface area contributed by atoms with Gasteiger partial charge in [0.25, 0.3) is 40.8 Å². The quantitative estimate of drug-likeness (QED) is 0.134. The number of likely N-dealkylation sites (N-methyl/N-ethyl adjacent to an activating group) is 1. The molecule has 0 amide bonds. The van der Waals surface area contributed by atoms with Crippen molar-refractivity contribution in [1.82, 2.24) is 35.3 Å². The van der Waals surface area contributed by atoms with E-state index in [4.69, 9.17) is 5.11 Å². The first-order valence-electron chi connectivity index (χ1n) is 37.0. The molecule has 0 radical (unpaired) electrons. The predicted octanol–water partition coefficient (Wildman–Crippen LogP) is 15.1. The van der Waals surface area contributed by atoms with Crippen molar-refractivity contribution in [1.29, 1.82) is 0 Å². The van der Waals surface area contributed by atoms with E-state index in [9.17, 15) is 63.7 Å². The van der Waals surface area contributed by atoms with Crippen LogP contribution in [0, 0.1) is 21.7 Å². The van der Waals surface area contributed by atoms with Crippen molar-refractivity contribution in [3.63, 3.8) is 0 Å². The number of halogens is 3. The third kappa shape index (κ3) is 41.8. The SMILES string of the molecule is CC.CC.CC.CC(C)(C)C(C)(O)C(F)(F)F.CC(C)(C)CN1CCNS1(=O)=O.CC(C)(C)CN1c2ccccc2NS1(=O)=O.CC(C)(C)c1ccc2c(c1)CS(=O)(=O)C2.CC(C)(C)c1ccccc1.CC(C)(C)c1ccccc1.CN(C)S(=O)(=O)N(C)C.CN(C)S(=O)(=O)N(C)CC(C)(C)C.CN1CCNS1(=O)=O. The maximum Gasteiger partial charge on any atom is 0.417 e. The number of nitrogens with one attached hydrogen (secondary N) is 3. The number of sulfone groups is 1. The Morgan fingerprint density at radius 1 is 0.445 bits per heavy atom. The van der Waals surface area contributed by atoms with Crippen LogP contribution in [0.15, 0.2) is 103 Å². The molecule has 2 saturated heterocycles. The number of para-hydroxylation sites is 2. The van der Waals surface area contributed by atoms with Gasteiger partial charge in [0.1, 0.15) is 0 Å². The molecule has 644 valence electrons. The van der Waals surface area contributed by atoms with E-state index in [1.54, 1.807) is 20.2 Å². The van der Waals surface area contributed by atoms with Gasteiger partial charge in [-0.3, -0.25) is 9.03 Å². The lowest BCUT2D eigenvalue weighted by Gasteiger charge is -2.38. The van der Waals surface area contributed by atoms with Gasteiger partial charge >= 0.3 is 16.4 Å². The molecule has 4 aromatic carbocycles. The molecule has 4 aliphatic heterocycles. The summed E-state index contributed by atoms with van der Waals surface area (Å²) in [5.41, 5.74) is 4.15. The average Bonchev–Trinajstić information content (AvgIpc) is 1.58. The van der Waals surface area contributed by atoms with Crippen molar-refractivity contribution in [3.05, 3.63) is 131 Å². The van der Waals surface area contributed by atoms with Gasteiger partial charge in [0.05, 0.1) is 22.9 Å². The number of aliphatic hydroxyl groups is 1. The molecule has 110 heavy (non-hydrogen) atoms. The van der Waals surface area contributed by atoms with E-state index in [0.717, 1.165) is 32.3 Å². The average molecular weight is 1680 g/mol. The normalized spacial score (nSPS) is 16.9. The monoisotopic (exact) mass is 1680 g/mol. The van der Waals surface area contributed by atoms with Gasteiger partial charge in [-0.1, -0.05) is 278 Å². The molecule has 4 N–H and O–H groups in total. The Hall–Kier alpha value is -4.39. The lowest BCUT2D eigenvalue weighted by Crippen LogP contribution is -2.52. The Morgan fingerprint density at radius 2 is 0.809 bits per heavy atom.